The number of hydrogen-bond donors (Lipinski definition) is 2. The van der Waals surface area contributed by atoms with Crippen molar-refractivity contribution in [2.45, 2.75) is 13.0 Å². The molecule has 2 heterocycles. The lowest BCUT2D eigenvalue weighted by Gasteiger charge is -2.05. The summed E-state index contributed by atoms with van der Waals surface area (Å²) >= 11 is 0. The zero-order valence-corrected chi connectivity index (χ0v) is 15.3. The topological polar surface area (TPSA) is 107 Å². The van der Waals surface area contributed by atoms with E-state index in [2.05, 4.69) is 16.0 Å². The fourth-order valence-corrected chi connectivity index (χ4v) is 2.70. The predicted molar refractivity (Wildman–Crippen MR) is 103 cm³/mol. The molecule has 2 N–H and O–H groups in total. The first kappa shape index (κ1) is 18.3. The van der Waals surface area contributed by atoms with Gasteiger partial charge in [-0.1, -0.05) is 35.5 Å². The van der Waals surface area contributed by atoms with Gasteiger partial charge in [0.25, 0.3) is 0 Å². The molecule has 0 saturated carbocycles. The minimum Gasteiger partial charge on any atom is -0.486 e. The Kier molecular flexibility index (Phi) is 5.24. The molecule has 0 fully saturated rings. The van der Waals surface area contributed by atoms with Gasteiger partial charge in [0, 0.05) is 5.39 Å². The molecule has 0 radical (unpaired) electrons. The van der Waals surface area contributed by atoms with Crippen LogP contribution in [0.2, 0.25) is 0 Å². The van der Waals surface area contributed by atoms with Crippen molar-refractivity contribution < 1.29 is 23.3 Å². The minimum atomic E-state index is -0.575. The van der Waals surface area contributed by atoms with Gasteiger partial charge in [0.2, 0.25) is 5.91 Å². The Balaban J connectivity index is 1.28. The number of benzene rings is 2. The normalized spacial score (nSPS) is 10.6. The number of carbonyl (C=O) groups excluding carboxylic acids is 2. The molecular weight excluding hydrogens is 374 g/mol. The zero-order chi connectivity index (χ0) is 20.1. The Morgan fingerprint density at radius 1 is 0.931 bits per heavy atom. The van der Waals surface area contributed by atoms with E-state index in [0.717, 1.165) is 5.39 Å². The van der Waals surface area contributed by atoms with Gasteiger partial charge in [0.1, 0.15) is 23.8 Å². The van der Waals surface area contributed by atoms with Crippen LogP contribution in [-0.2, 0) is 17.8 Å². The number of hydrogen-bond acceptors (Lipinski definition) is 6. The summed E-state index contributed by atoms with van der Waals surface area (Å²) < 4.78 is 16.2. The molecule has 0 unspecified atom stereocenters. The molecule has 2 amide bonds. The molecule has 0 bridgehead atoms. The highest BCUT2D eigenvalue weighted by Crippen LogP contribution is 2.18. The van der Waals surface area contributed by atoms with Gasteiger partial charge in [0.15, 0.2) is 11.3 Å². The Hall–Kier alpha value is -4.07. The second-order valence-corrected chi connectivity index (χ2v) is 6.17. The maximum absolute atomic E-state index is 12.2. The fourth-order valence-electron chi connectivity index (χ4n) is 2.70. The maximum atomic E-state index is 12.2. The number of amides is 2. The Morgan fingerprint density at radius 2 is 1.72 bits per heavy atom. The summed E-state index contributed by atoms with van der Waals surface area (Å²) in [6, 6.07) is 19.6. The first-order chi connectivity index (χ1) is 14.2. The first-order valence-electron chi connectivity index (χ1n) is 8.88. The van der Waals surface area contributed by atoms with E-state index in [1.807, 2.05) is 48.5 Å². The third-order valence-corrected chi connectivity index (χ3v) is 4.11. The lowest BCUT2D eigenvalue weighted by molar-refractivity contribution is -0.121. The molecular formula is C21H17N3O5. The van der Waals surface area contributed by atoms with Gasteiger partial charge in [-0.05, 0) is 36.4 Å². The van der Waals surface area contributed by atoms with Crippen LogP contribution in [0, 0.1) is 0 Å². The number of para-hydroxylation sites is 2. The van der Waals surface area contributed by atoms with Gasteiger partial charge in [-0.3, -0.25) is 20.4 Å². The highest BCUT2D eigenvalue weighted by molar-refractivity contribution is 5.93. The van der Waals surface area contributed by atoms with E-state index in [4.69, 9.17) is 13.7 Å². The SMILES string of the molecule is O=C(Cc1noc2ccccc12)NNC(=O)c1ccc(COc2ccccc2)o1. The zero-order valence-electron chi connectivity index (χ0n) is 15.3. The van der Waals surface area contributed by atoms with E-state index >= 15 is 0 Å². The van der Waals surface area contributed by atoms with Crippen molar-refractivity contribution in [3.05, 3.63) is 83.9 Å². The third-order valence-electron chi connectivity index (χ3n) is 4.11. The van der Waals surface area contributed by atoms with Gasteiger partial charge in [-0.15, -0.1) is 0 Å². The maximum Gasteiger partial charge on any atom is 0.305 e. The van der Waals surface area contributed by atoms with Crippen LogP contribution in [0.3, 0.4) is 0 Å². The lowest BCUT2D eigenvalue weighted by Crippen LogP contribution is -2.42. The van der Waals surface area contributed by atoms with Crippen LogP contribution < -0.4 is 15.6 Å². The average molecular weight is 391 g/mol. The number of ether oxygens (including phenoxy) is 1. The molecule has 0 aliphatic carbocycles. The number of nitrogens with zero attached hydrogens (tertiary/aromatic N) is 1. The fraction of sp³-hybridized carbons (Fsp3) is 0.0952. The quantitative estimate of drug-likeness (QED) is 0.490. The van der Waals surface area contributed by atoms with Crippen LogP contribution in [0.15, 0.2) is 75.7 Å². The second-order valence-electron chi connectivity index (χ2n) is 6.17. The van der Waals surface area contributed by atoms with Gasteiger partial charge < -0.3 is 13.7 Å². The van der Waals surface area contributed by atoms with E-state index < -0.39 is 11.8 Å². The smallest absolute Gasteiger partial charge is 0.305 e. The standard InChI is InChI=1S/C21H17N3O5/c25-20(12-17-16-8-4-5-9-18(16)29-24-17)22-23-21(26)19-11-10-15(28-19)13-27-14-6-2-1-3-7-14/h1-11H,12-13H2,(H,22,25)(H,23,26). The molecule has 146 valence electrons. The van der Waals surface area contributed by atoms with Crippen molar-refractivity contribution in [2.75, 3.05) is 0 Å². The molecule has 0 aliphatic heterocycles. The Morgan fingerprint density at radius 3 is 2.59 bits per heavy atom. The first-order valence-corrected chi connectivity index (χ1v) is 8.88. The predicted octanol–water partition coefficient (Wildman–Crippen LogP) is 3.00. The average Bonchev–Trinajstić information content (AvgIpc) is 3.39. The summed E-state index contributed by atoms with van der Waals surface area (Å²) in [5.74, 6) is 0.233. The molecule has 0 spiro atoms. The van der Waals surface area contributed by atoms with Crippen molar-refractivity contribution in [3.8, 4) is 5.75 Å². The number of furan rings is 1. The highest BCUT2D eigenvalue weighted by Gasteiger charge is 2.15. The van der Waals surface area contributed by atoms with Crippen LogP contribution in [-0.4, -0.2) is 17.0 Å². The van der Waals surface area contributed by atoms with Gasteiger partial charge in [-0.2, -0.15) is 0 Å². The molecule has 29 heavy (non-hydrogen) atoms. The molecule has 2 aromatic heterocycles. The Bertz CT molecular complexity index is 1130. The molecule has 0 atom stereocenters. The molecule has 0 aliphatic rings. The van der Waals surface area contributed by atoms with Crippen molar-refractivity contribution in [3.63, 3.8) is 0 Å². The lowest BCUT2D eigenvalue weighted by atomic mass is 10.2. The minimum absolute atomic E-state index is 0.0361. The number of nitrogens with one attached hydrogen (secondary N) is 2. The van der Waals surface area contributed by atoms with Crippen molar-refractivity contribution >= 4 is 22.8 Å². The van der Waals surface area contributed by atoms with Crippen LogP contribution in [0.5, 0.6) is 5.75 Å². The van der Waals surface area contributed by atoms with Crippen molar-refractivity contribution in [1.82, 2.24) is 16.0 Å². The second kappa shape index (κ2) is 8.30. The Labute approximate surface area is 165 Å². The molecule has 8 nitrogen and oxygen atoms in total. The van der Waals surface area contributed by atoms with E-state index in [0.29, 0.717) is 22.8 Å². The van der Waals surface area contributed by atoms with E-state index in [1.54, 1.807) is 12.1 Å². The monoisotopic (exact) mass is 391 g/mol. The summed E-state index contributed by atoms with van der Waals surface area (Å²) in [4.78, 5) is 24.3. The van der Waals surface area contributed by atoms with Crippen LogP contribution >= 0.6 is 0 Å². The number of rotatable bonds is 6. The summed E-state index contributed by atoms with van der Waals surface area (Å²) in [5, 5.41) is 4.64. The summed E-state index contributed by atoms with van der Waals surface area (Å²) in [6.45, 7) is 0.183. The van der Waals surface area contributed by atoms with E-state index in [1.165, 1.54) is 6.07 Å². The van der Waals surface area contributed by atoms with Crippen LogP contribution in [0.4, 0.5) is 0 Å². The summed E-state index contributed by atoms with van der Waals surface area (Å²) in [6.07, 6.45) is -0.0361. The number of carbonyl (C=O) groups is 2. The van der Waals surface area contributed by atoms with Crippen molar-refractivity contribution in [2.24, 2.45) is 0 Å². The third kappa shape index (κ3) is 4.44. The van der Waals surface area contributed by atoms with Gasteiger partial charge in [0.05, 0.1) is 6.42 Å². The largest absolute Gasteiger partial charge is 0.486 e. The molecule has 2 aromatic carbocycles. The molecule has 8 heteroatoms. The summed E-state index contributed by atoms with van der Waals surface area (Å²) in [7, 11) is 0. The van der Waals surface area contributed by atoms with E-state index in [-0.39, 0.29) is 18.8 Å². The van der Waals surface area contributed by atoms with Crippen molar-refractivity contribution in [1.29, 1.82) is 0 Å². The number of aromatic nitrogens is 1. The highest BCUT2D eigenvalue weighted by atomic mass is 16.5. The summed E-state index contributed by atoms with van der Waals surface area (Å²) in [5.41, 5.74) is 5.74. The number of hydrazine groups is 1. The molecule has 4 rings (SSSR count). The van der Waals surface area contributed by atoms with Crippen LogP contribution in [0.1, 0.15) is 22.0 Å². The molecule has 0 saturated heterocycles. The molecule has 4 aromatic rings. The van der Waals surface area contributed by atoms with Gasteiger partial charge in [-0.25, -0.2) is 0 Å². The number of fused-ring (bicyclic) bond motifs is 1. The van der Waals surface area contributed by atoms with Gasteiger partial charge >= 0.3 is 5.91 Å². The van der Waals surface area contributed by atoms with E-state index in [9.17, 15) is 9.59 Å². The van der Waals surface area contributed by atoms with Crippen LogP contribution in [0.25, 0.3) is 11.0 Å².